The van der Waals surface area contributed by atoms with Gasteiger partial charge in [-0.1, -0.05) is 0 Å². The minimum atomic E-state index is -0.263. The van der Waals surface area contributed by atoms with Gasteiger partial charge in [-0.3, -0.25) is 0 Å². The molecule has 3 aromatic rings. The average Bonchev–Trinajstić information content (AvgIpc) is 2.73. The van der Waals surface area contributed by atoms with Crippen LogP contribution < -0.4 is 0 Å². The summed E-state index contributed by atoms with van der Waals surface area (Å²) in [6, 6.07) is 8.09. The Morgan fingerprint density at radius 2 is 1.88 bits per heavy atom. The van der Waals surface area contributed by atoms with Crippen molar-refractivity contribution >= 4 is 27.0 Å². The number of nitrogens with zero attached hydrogens (tertiary/aromatic N) is 3. The molecule has 3 nitrogen and oxygen atoms in total. The molecule has 0 fully saturated rings. The Balaban J connectivity index is 2.21. The van der Waals surface area contributed by atoms with Crippen molar-refractivity contribution in [2.45, 2.75) is 0 Å². The van der Waals surface area contributed by atoms with Crippen LogP contribution in [0.25, 0.3) is 16.7 Å². The van der Waals surface area contributed by atoms with Crippen LogP contribution in [0.1, 0.15) is 0 Å². The summed E-state index contributed by atoms with van der Waals surface area (Å²) < 4.78 is 15.4. The summed E-state index contributed by atoms with van der Waals surface area (Å²) in [5.41, 5.74) is 1.54. The Labute approximate surface area is 105 Å². The maximum atomic E-state index is 12.8. The fraction of sp³-hybridized carbons (Fsp3) is 0. The zero-order valence-corrected chi connectivity index (χ0v) is 10.2. The first-order valence-electron chi connectivity index (χ1n) is 4.99. The number of pyridine rings is 1. The first-order chi connectivity index (χ1) is 8.24. The average molecular weight is 292 g/mol. The first kappa shape index (κ1) is 10.4. The molecule has 0 N–H and O–H groups in total. The van der Waals surface area contributed by atoms with Crippen molar-refractivity contribution in [3.63, 3.8) is 0 Å². The molecule has 0 aliphatic rings. The van der Waals surface area contributed by atoms with Crippen molar-refractivity contribution in [3.05, 3.63) is 53.0 Å². The van der Waals surface area contributed by atoms with Crippen molar-refractivity contribution in [2.24, 2.45) is 0 Å². The van der Waals surface area contributed by atoms with Gasteiger partial charge in [0.15, 0.2) is 5.65 Å². The number of hydrogen-bond acceptors (Lipinski definition) is 2. The van der Waals surface area contributed by atoms with E-state index in [0.29, 0.717) is 0 Å². The van der Waals surface area contributed by atoms with E-state index in [2.05, 4.69) is 26.0 Å². The topological polar surface area (TPSA) is 30.7 Å². The van der Waals surface area contributed by atoms with Gasteiger partial charge in [-0.25, -0.2) is 14.1 Å². The third-order valence-electron chi connectivity index (χ3n) is 2.45. The molecular weight excluding hydrogens is 285 g/mol. The van der Waals surface area contributed by atoms with Gasteiger partial charge in [0.2, 0.25) is 0 Å². The Bertz CT molecular complexity index is 676. The van der Waals surface area contributed by atoms with Crippen LogP contribution in [0.5, 0.6) is 0 Å². The molecule has 3 rings (SSSR count). The molecular formula is C12H7BrFN3. The minimum absolute atomic E-state index is 0.263. The molecule has 0 amide bonds. The maximum absolute atomic E-state index is 12.8. The summed E-state index contributed by atoms with van der Waals surface area (Å²) in [6.07, 6.45) is 3.44. The summed E-state index contributed by atoms with van der Waals surface area (Å²) in [6.45, 7) is 0. The van der Waals surface area contributed by atoms with Crippen LogP contribution in [-0.4, -0.2) is 14.8 Å². The SMILES string of the molecule is Fc1ccc(-n2ncc3cc(Br)cnc32)cc1. The molecule has 0 aliphatic carbocycles. The fourth-order valence-corrected chi connectivity index (χ4v) is 2.01. The largest absolute Gasteiger partial charge is 0.235 e. The summed E-state index contributed by atoms with van der Waals surface area (Å²) in [5, 5.41) is 5.18. The fourth-order valence-electron chi connectivity index (χ4n) is 1.67. The normalized spacial score (nSPS) is 10.9. The summed E-state index contributed by atoms with van der Waals surface area (Å²) in [4.78, 5) is 4.30. The molecule has 0 saturated heterocycles. The second kappa shape index (κ2) is 3.92. The molecule has 2 heterocycles. The van der Waals surface area contributed by atoms with E-state index in [9.17, 15) is 4.39 Å². The quantitative estimate of drug-likeness (QED) is 0.689. The highest BCUT2D eigenvalue weighted by atomic mass is 79.9. The molecule has 1 aromatic carbocycles. The first-order valence-corrected chi connectivity index (χ1v) is 5.78. The van der Waals surface area contributed by atoms with E-state index in [1.54, 1.807) is 29.2 Å². The Kier molecular flexibility index (Phi) is 2.40. The molecule has 0 aliphatic heterocycles. The molecule has 17 heavy (non-hydrogen) atoms. The highest BCUT2D eigenvalue weighted by Crippen LogP contribution is 2.19. The van der Waals surface area contributed by atoms with Crippen LogP contribution in [0.15, 0.2) is 47.2 Å². The smallest absolute Gasteiger partial charge is 0.162 e. The highest BCUT2D eigenvalue weighted by molar-refractivity contribution is 9.10. The molecule has 2 aromatic heterocycles. The van der Waals surface area contributed by atoms with Crippen molar-refractivity contribution in [1.29, 1.82) is 0 Å². The lowest BCUT2D eigenvalue weighted by atomic mass is 10.3. The zero-order valence-electron chi connectivity index (χ0n) is 8.64. The number of aromatic nitrogens is 3. The van der Waals surface area contributed by atoms with E-state index >= 15 is 0 Å². The number of rotatable bonds is 1. The molecule has 0 bridgehead atoms. The summed E-state index contributed by atoms with van der Waals surface area (Å²) in [5.74, 6) is -0.263. The standard InChI is InChI=1S/C12H7BrFN3/c13-9-5-8-6-16-17(12(8)15-7-9)11-3-1-10(14)2-4-11/h1-7H. The molecule has 0 saturated carbocycles. The lowest BCUT2D eigenvalue weighted by molar-refractivity contribution is 0.627. The second-order valence-corrected chi connectivity index (χ2v) is 4.51. The van der Waals surface area contributed by atoms with E-state index in [0.717, 1.165) is 21.2 Å². The van der Waals surface area contributed by atoms with Gasteiger partial charge in [0.25, 0.3) is 0 Å². The van der Waals surface area contributed by atoms with Crippen molar-refractivity contribution in [2.75, 3.05) is 0 Å². The van der Waals surface area contributed by atoms with Gasteiger partial charge in [-0.2, -0.15) is 5.10 Å². The van der Waals surface area contributed by atoms with E-state index in [1.807, 2.05) is 6.07 Å². The third-order valence-corrected chi connectivity index (χ3v) is 2.88. The number of benzene rings is 1. The lowest BCUT2D eigenvalue weighted by Gasteiger charge is -2.02. The van der Waals surface area contributed by atoms with E-state index < -0.39 is 0 Å². The number of hydrogen-bond donors (Lipinski definition) is 0. The third kappa shape index (κ3) is 1.82. The zero-order chi connectivity index (χ0) is 11.8. The van der Waals surface area contributed by atoms with Gasteiger partial charge in [0.1, 0.15) is 5.82 Å². The molecule has 0 radical (unpaired) electrons. The summed E-state index contributed by atoms with van der Waals surface area (Å²) in [7, 11) is 0. The monoisotopic (exact) mass is 291 g/mol. The van der Waals surface area contributed by atoms with Crippen LogP contribution in [0.2, 0.25) is 0 Å². The van der Waals surface area contributed by atoms with Gasteiger partial charge in [0, 0.05) is 16.1 Å². The Morgan fingerprint density at radius 3 is 2.65 bits per heavy atom. The predicted molar refractivity (Wildman–Crippen MR) is 66.5 cm³/mol. The van der Waals surface area contributed by atoms with Crippen LogP contribution >= 0.6 is 15.9 Å². The van der Waals surface area contributed by atoms with E-state index in [4.69, 9.17) is 0 Å². The minimum Gasteiger partial charge on any atom is -0.235 e. The Hall–Kier alpha value is -1.75. The molecule has 0 spiro atoms. The number of fused-ring (bicyclic) bond motifs is 1. The van der Waals surface area contributed by atoms with E-state index in [-0.39, 0.29) is 5.82 Å². The van der Waals surface area contributed by atoms with Crippen molar-refractivity contribution in [3.8, 4) is 5.69 Å². The lowest BCUT2D eigenvalue weighted by Crippen LogP contribution is -1.97. The Morgan fingerprint density at radius 1 is 1.12 bits per heavy atom. The van der Waals surface area contributed by atoms with Crippen LogP contribution in [-0.2, 0) is 0 Å². The second-order valence-electron chi connectivity index (χ2n) is 3.60. The van der Waals surface area contributed by atoms with Gasteiger partial charge < -0.3 is 0 Å². The molecule has 0 atom stereocenters. The van der Waals surface area contributed by atoms with Crippen molar-refractivity contribution < 1.29 is 4.39 Å². The van der Waals surface area contributed by atoms with Gasteiger partial charge in [-0.15, -0.1) is 0 Å². The van der Waals surface area contributed by atoms with E-state index in [1.165, 1.54) is 12.1 Å². The maximum Gasteiger partial charge on any atom is 0.162 e. The van der Waals surface area contributed by atoms with Gasteiger partial charge in [0.05, 0.1) is 11.9 Å². The predicted octanol–water partition coefficient (Wildman–Crippen LogP) is 3.32. The van der Waals surface area contributed by atoms with Crippen molar-refractivity contribution in [1.82, 2.24) is 14.8 Å². The molecule has 84 valence electrons. The van der Waals surface area contributed by atoms with Crippen LogP contribution in [0, 0.1) is 5.82 Å². The van der Waals surface area contributed by atoms with Gasteiger partial charge in [-0.05, 0) is 46.3 Å². The molecule has 5 heteroatoms. The summed E-state index contributed by atoms with van der Waals surface area (Å²) >= 11 is 3.36. The van der Waals surface area contributed by atoms with Gasteiger partial charge >= 0.3 is 0 Å². The van der Waals surface area contributed by atoms with Crippen LogP contribution in [0.3, 0.4) is 0 Å². The van der Waals surface area contributed by atoms with Crippen LogP contribution in [0.4, 0.5) is 4.39 Å². The highest BCUT2D eigenvalue weighted by Gasteiger charge is 2.06. The molecule has 0 unspecified atom stereocenters. The number of halogens is 2.